The highest BCUT2D eigenvalue weighted by atomic mass is 32.2. The molecule has 0 atom stereocenters. The first-order chi connectivity index (χ1) is 13.8. The first-order valence-electron chi connectivity index (χ1n) is 10.2. The SMILES string of the molecule is CCc1noc(NC(C)=O)c1-c1ccc(C)c(S(=O)(=O)NC2CCCCCC2)c1. The lowest BCUT2D eigenvalue weighted by atomic mass is 10.0. The third-order valence-corrected chi connectivity index (χ3v) is 6.99. The Labute approximate surface area is 172 Å². The predicted octanol–water partition coefficient (Wildman–Crippen LogP) is 4.17. The minimum atomic E-state index is -3.66. The number of sulfonamides is 1. The summed E-state index contributed by atoms with van der Waals surface area (Å²) in [5.41, 5.74) is 2.61. The van der Waals surface area contributed by atoms with E-state index in [0.29, 0.717) is 28.8 Å². The summed E-state index contributed by atoms with van der Waals surface area (Å²) in [5, 5.41) is 6.67. The molecule has 8 heteroatoms. The smallest absolute Gasteiger partial charge is 0.241 e. The van der Waals surface area contributed by atoms with Gasteiger partial charge in [0.2, 0.25) is 21.8 Å². The van der Waals surface area contributed by atoms with Crippen molar-refractivity contribution in [2.24, 2.45) is 0 Å². The van der Waals surface area contributed by atoms with E-state index in [0.717, 1.165) is 38.5 Å². The van der Waals surface area contributed by atoms with E-state index in [-0.39, 0.29) is 22.7 Å². The Hall–Kier alpha value is -2.19. The molecule has 1 saturated carbocycles. The van der Waals surface area contributed by atoms with Crippen LogP contribution in [0.1, 0.15) is 63.6 Å². The quantitative estimate of drug-likeness (QED) is 0.684. The topological polar surface area (TPSA) is 101 Å². The summed E-state index contributed by atoms with van der Waals surface area (Å²) in [5.74, 6) is -0.0432. The Morgan fingerprint density at radius 3 is 2.52 bits per heavy atom. The van der Waals surface area contributed by atoms with Gasteiger partial charge >= 0.3 is 0 Å². The normalized spacial score (nSPS) is 15.8. The molecule has 1 amide bonds. The third-order valence-electron chi connectivity index (χ3n) is 5.33. The number of rotatable bonds is 6. The molecule has 0 saturated heterocycles. The molecular formula is C21H29N3O4S. The molecule has 7 nitrogen and oxygen atoms in total. The molecule has 2 aromatic rings. The van der Waals surface area contributed by atoms with E-state index in [9.17, 15) is 13.2 Å². The summed E-state index contributed by atoms with van der Waals surface area (Å²) in [7, 11) is -3.66. The highest BCUT2D eigenvalue weighted by Crippen LogP contribution is 2.34. The van der Waals surface area contributed by atoms with E-state index in [1.165, 1.54) is 6.92 Å². The maximum absolute atomic E-state index is 13.2. The lowest BCUT2D eigenvalue weighted by Gasteiger charge is -2.18. The van der Waals surface area contributed by atoms with Crippen molar-refractivity contribution in [1.82, 2.24) is 9.88 Å². The fourth-order valence-corrected chi connectivity index (χ4v) is 5.41. The van der Waals surface area contributed by atoms with Crippen LogP contribution in [-0.2, 0) is 21.2 Å². The molecule has 1 aromatic carbocycles. The van der Waals surface area contributed by atoms with Crippen molar-refractivity contribution in [3.8, 4) is 11.1 Å². The number of carbonyl (C=O) groups is 1. The summed E-state index contributed by atoms with van der Waals surface area (Å²) < 4.78 is 34.5. The molecular weight excluding hydrogens is 390 g/mol. The monoisotopic (exact) mass is 419 g/mol. The number of nitrogens with zero attached hydrogens (tertiary/aromatic N) is 1. The number of hydrogen-bond donors (Lipinski definition) is 2. The molecule has 1 fully saturated rings. The molecule has 1 aromatic heterocycles. The number of benzene rings is 1. The van der Waals surface area contributed by atoms with Crippen molar-refractivity contribution in [2.45, 2.75) is 76.7 Å². The van der Waals surface area contributed by atoms with Gasteiger partial charge in [-0.15, -0.1) is 0 Å². The Balaban J connectivity index is 1.98. The second-order valence-electron chi connectivity index (χ2n) is 7.66. The van der Waals surface area contributed by atoms with Crippen LogP contribution in [0.2, 0.25) is 0 Å². The first-order valence-corrected chi connectivity index (χ1v) is 11.7. The van der Waals surface area contributed by atoms with Gasteiger partial charge in [-0.1, -0.05) is 49.9 Å². The number of amides is 1. The fourth-order valence-electron chi connectivity index (χ4n) is 3.83. The van der Waals surface area contributed by atoms with Gasteiger partial charge in [0.25, 0.3) is 0 Å². The summed E-state index contributed by atoms with van der Waals surface area (Å²) >= 11 is 0. The van der Waals surface area contributed by atoms with Crippen LogP contribution in [0.4, 0.5) is 5.88 Å². The van der Waals surface area contributed by atoms with Crippen LogP contribution in [0.15, 0.2) is 27.6 Å². The average Bonchev–Trinajstić information content (AvgIpc) is 2.88. The summed E-state index contributed by atoms with van der Waals surface area (Å²) in [6.45, 7) is 5.10. The number of nitrogens with one attached hydrogen (secondary N) is 2. The van der Waals surface area contributed by atoms with Gasteiger partial charge in [-0.3, -0.25) is 10.1 Å². The zero-order valence-corrected chi connectivity index (χ0v) is 18.1. The number of aryl methyl sites for hydroxylation is 2. The van der Waals surface area contributed by atoms with Crippen molar-refractivity contribution in [2.75, 3.05) is 5.32 Å². The second kappa shape index (κ2) is 9.09. The molecule has 0 bridgehead atoms. The summed E-state index contributed by atoms with van der Waals surface area (Å²) in [4.78, 5) is 11.8. The van der Waals surface area contributed by atoms with E-state index in [1.807, 2.05) is 13.0 Å². The Kier molecular flexibility index (Phi) is 6.74. The molecule has 2 N–H and O–H groups in total. The third kappa shape index (κ3) is 5.05. The second-order valence-corrected chi connectivity index (χ2v) is 9.34. The Morgan fingerprint density at radius 1 is 1.21 bits per heavy atom. The molecule has 29 heavy (non-hydrogen) atoms. The first kappa shape index (κ1) is 21.5. The van der Waals surface area contributed by atoms with Crippen molar-refractivity contribution in [3.05, 3.63) is 29.5 Å². The molecule has 0 unspecified atom stereocenters. The van der Waals surface area contributed by atoms with Crippen LogP contribution in [0, 0.1) is 6.92 Å². The van der Waals surface area contributed by atoms with Gasteiger partial charge in [-0.25, -0.2) is 13.1 Å². The van der Waals surface area contributed by atoms with Crippen molar-refractivity contribution in [1.29, 1.82) is 0 Å². The van der Waals surface area contributed by atoms with Crippen LogP contribution in [0.5, 0.6) is 0 Å². The maximum Gasteiger partial charge on any atom is 0.241 e. The van der Waals surface area contributed by atoms with E-state index < -0.39 is 10.0 Å². The van der Waals surface area contributed by atoms with E-state index in [1.54, 1.807) is 19.1 Å². The molecule has 1 aliphatic rings. The zero-order chi connectivity index (χ0) is 21.0. The van der Waals surface area contributed by atoms with Gasteiger partial charge in [0.15, 0.2) is 0 Å². The van der Waals surface area contributed by atoms with Crippen molar-refractivity contribution < 1.29 is 17.7 Å². The summed E-state index contributed by atoms with van der Waals surface area (Å²) in [6.07, 6.45) is 6.75. The Morgan fingerprint density at radius 2 is 1.90 bits per heavy atom. The minimum Gasteiger partial charge on any atom is -0.337 e. The van der Waals surface area contributed by atoms with Gasteiger partial charge in [0.1, 0.15) is 0 Å². The molecule has 1 heterocycles. The zero-order valence-electron chi connectivity index (χ0n) is 17.2. The number of hydrogen-bond acceptors (Lipinski definition) is 5. The number of anilines is 1. The molecule has 0 spiro atoms. The van der Waals surface area contributed by atoms with Gasteiger partial charge in [0.05, 0.1) is 16.2 Å². The van der Waals surface area contributed by atoms with E-state index in [2.05, 4.69) is 15.2 Å². The van der Waals surface area contributed by atoms with Gasteiger partial charge in [-0.2, -0.15) is 0 Å². The lowest BCUT2D eigenvalue weighted by molar-refractivity contribution is -0.114. The Bertz CT molecular complexity index is 974. The van der Waals surface area contributed by atoms with Crippen molar-refractivity contribution in [3.63, 3.8) is 0 Å². The van der Waals surface area contributed by atoms with E-state index >= 15 is 0 Å². The average molecular weight is 420 g/mol. The molecule has 158 valence electrons. The predicted molar refractivity (Wildman–Crippen MR) is 112 cm³/mol. The maximum atomic E-state index is 13.2. The van der Waals surface area contributed by atoms with Gasteiger partial charge in [-0.05, 0) is 43.4 Å². The standard InChI is InChI=1S/C21H29N3O4S/c1-4-18-20(21(28-23-18)22-15(3)25)16-12-11-14(2)19(13-16)29(26,27)24-17-9-7-5-6-8-10-17/h11-13,17,24H,4-10H2,1-3H3,(H,22,25). The lowest BCUT2D eigenvalue weighted by Crippen LogP contribution is -2.34. The molecule has 0 radical (unpaired) electrons. The number of aromatic nitrogens is 1. The fraction of sp³-hybridized carbons (Fsp3) is 0.524. The van der Waals surface area contributed by atoms with Gasteiger partial charge in [0, 0.05) is 13.0 Å². The molecule has 0 aliphatic heterocycles. The minimum absolute atomic E-state index is 0.0257. The van der Waals surface area contributed by atoms with Crippen LogP contribution >= 0.6 is 0 Å². The van der Waals surface area contributed by atoms with Crippen LogP contribution in [0.3, 0.4) is 0 Å². The van der Waals surface area contributed by atoms with Crippen molar-refractivity contribution >= 4 is 21.8 Å². The van der Waals surface area contributed by atoms with Crippen LogP contribution in [-0.4, -0.2) is 25.5 Å². The molecule has 3 rings (SSSR count). The van der Waals surface area contributed by atoms with Crippen LogP contribution < -0.4 is 10.0 Å². The largest absolute Gasteiger partial charge is 0.337 e. The molecule has 1 aliphatic carbocycles. The van der Waals surface area contributed by atoms with E-state index in [4.69, 9.17) is 4.52 Å². The number of carbonyl (C=O) groups excluding carboxylic acids is 1. The van der Waals surface area contributed by atoms with Crippen LogP contribution in [0.25, 0.3) is 11.1 Å². The highest BCUT2D eigenvalue weighted by molar-refractivity contribution is 7.89. The summed E-state index contributed by atoms with van der Waals surface area (Å²) in [6, 6.07) is 5.23. The highest BCUT2D eigenvalue weighted by Gasteiger charge is 2.25. The van der Waals surface area contributed by atoms with Gasteiger partial charge < -0.3 is 4.52 Å².